The molecule has 0 aromatic heterocycles. The monoisotopic (exact) mass is 425 g/mol. The van der Waals surface area contributed by atoms with Gasteiger partial charge in [0, 0.05) is 12.1 Å². The van der Waals surface area contributed by atoms with Gasteiger partial charge < -0.3 is 15.4 Å². The zero-order valence-electron chi connectivity index (χ0n) is 17.1. The van der Waals surface area contributed by atoms with Crippen molar-refractivity contribution in [3.05, 3.63) is 54.6 Å². The van der Waals surface area contributed by atoms with Crippen molar-refractivity contribution in [1.82, 2.24) is 5.32 Å². The highest BCUT2D eigenvalue weighted by molar-refractivity contribution is 8.15. The maximum absolute atomic E-state index is 12.4. The van der Waals surface area contributed by atoms with Gasteiger partial charge in [-0.25, -0.2) is 4.99 Å². The van der Waals surface area contributed by atoms with E-state index in [1.807, 2.05) is 54.6 Å². The van der Waals surface area contributed by atoms with E-state index in [1.165, 1.54) is 31.0 Å². The third kappa shape index (κ3) is 6.91. The molecule has 0 saturated carbocycles. The average Bonchev–Trinajstić information content (AvgIpc) is 3.08. The fourth-order valence-corrected chi connectivity index (χ4v) is 3.93. The summed E-state index contributed by atoms with van der Waals surface area (Å²) in [6.45, 7) is 2.88. The Hall–Kier alpha value is -2.80. The minimum absolute atomic E-state index is 0.0833. The first-order chi connectivity index (χ1) is 14.6. The summed E-state index contributed by atoms with van der Waals surface area (Å²) >= 11 is 1.28. The molecule has 1 saturated heterocycles. The summed E-state index contributed by atoms with van der Waals surface area (Å²) < 4.78 is 5.71. The average molecular weight is 426 g/mol. The van der Waals surface area contributed by atoms with Crippen molar-refractivity contribution in [2.45, 2.75) is 44.3 Å². The first-order valence-corrected chi connectivity index (χ1v) is 11.2. The van der Waals surface area contributed by atoms with Crippen LogP contribution in [0.1, 0.15) is 39.0 Å². The Morgan fingerprint density at radius 2 is 1.87 bits per heavy atom. The molecule has 6 nitrogen and oxygen atoms in total. The lowest BCUT2D eigenvalue weighted by Crippen LogP contribution is -2.28. The Balaban J connectivity index is 1.45. The Kier molecular flexibility index (Phi) is 8.32. The van der Waals surface area contributed by atoms with Gasteiger partial charge in [-0.05, 0) is 42.8 Å². The van der Waals surface area contributed by atoms with Gasteiger partial charge in [-0.15, -0.1) is 0 Å². The zero-order valence-corrected chi connectivity index (χ0v) is 17.9. The summed E-state index contributed by atoms with van der Waals surface area (Å²) in [6, 6.07) is 16.7. The van der Waals surface area contributed by atoms with Crippen LogP contribution in [0.3, 0.4) is 0 Å². The van der Waals surface area contributed by atoms with Crippen molar-refractivity contribution >= 4 is 40.1 Å². The van der Waals surface area contributed by atoms with E-state index in [0.29, 0.717) is 17.5 Å². The Labute approximate surface area is 181 Å². The molecule has 1 fully saturated rings. The largest absolute Gasteiger partial charge is 0.494 e. The summed E-state index contributed by atoms with van der Waals surface area (Å²) in [4.78, 5) is 28.9. The summed E-state index contributed by atoms with van der Waals surface area (Å²) in [5.74, 6) is 0.380. The summed E-state index contributed by atoms with van der Waals surface area (Å²) in [5, 5.41) is 5.61. The van der Waals surface area contributed by atoms with E-state index in [1.54, 1.807) is 0 Å². The lowest BCUT2D eigenvalue weighted by molar-refractivity contribution is -0.122. The second-order valence-electron chi connectivity index (χ2n) is 7.03. The standard InChI is InChI=1S/C23H27N3O3S/c1-2-3-4-8-15-29-19-13-11-18(12-14-19)24-21(27)16-20-22(28)26-23(30-20)25-17-9-6-5-7-10-17/h5-7,9-14,20H,2-4,8,15-16H2,1H3,(H,24,27)(H,25,26,28)/t20-/m0/s1. The molecule has 2 amide bonds. The van der Waals surface area contributed by atoms with E-state index in [0.717, 1.165) is 17.9 Å². The van der Waals surface area contributed by atoms with Crippen LogP contribution in [0, 0.1) is 0 Å². The van der Waals surface area contributed by atoms with Crippen molar-refractivity contribution in [2.75, 3.05) is 11.9 Å². The minimum atomic E-state index is -0.488. The quantitative estimate of drug-likeness (QED) is 0.531. The van der Waals surface area contributed by atoms with Gasteiger partial charge in [0.2, 0.25) is 11.8 Å². The smallest absolute Gasteiger partial charge is 0.240 e. The molecule has 0 bridgehead atoms. The molecule has 7 heteroatoms. The van der Waals surface area contributed by atoms with Crippen LogP contribution >= 0.6 is 11.8 Å². The van der Waals surface area contributed by atoms with E-state index in [-0.39, 0.29) is 18.2 Å². The number of anilines is 1. The number of rotatable bonds is 10. The fraction of sp³-hybridized carbons (Fsp3) is 0.348. The number of hydrogen-bond acceptors (Lipinski definition) is 5. The summed E-state index contributed by atoms with van der Waals surface area (Å²) in [6.07, 6.45) is 4.74. The maximum Gasteiger partial charge on any atom is 0.240 e. The van der Waals surface area contributed by atoms with Crippen LogP contribution in [0.2, 0.25) is 0 Å². The van der Waals surface area contributed by atoms with Crippen LogP contribution in [-0.4, -0.2) is 28.8 Å². The van der Waals surface area contributed by atoms with Gasteiger partial charge in [-0.1, -0.05) is 56.1 Å². The van der Waals surface area contributed by atoms with Crippen molar-refractivity contribution in [1.29, 1.82) is 0 Å². The van der Waals surface area contributed by atoms with Crippen molar-refractivity contribution in [3.63, 3.8) is 0 Å². The van der Waals surface area contributed by atoms with Gasteiger partial charge in [-0.3, -0.25) is 9.59 Å². The first-order valence-electron chi connectivity index (χ1n) is 10.3. The van der Waals surface area contributed by atoms with Crippen LogP contribution in [0.25, 0.3) is 0 Å². The molecule has 0 unspecified atom stereocenters. The number of amides is 2. The Morgan fingerprint density at radius 3 is 2.60 bits per heavy atom. The predicted molar refractivity (Wildman–Crippen MR) is 122 cm³/mol. The number of unbranched alkanes of at least 4 members (excludes halogenated alkanes) is 3. The number of amidine groups is 1. The molecule has 2 N–H and O–H groups in total. The van der Waals surface area contributed by atoms with Gasteiger partial charge in [0.1, 0.15) is 11.0 Å². The predicted octanol–water partition coefficient (Wildman–Crippen LogP) is 4.89. The summed E-state index contributed by atoms with van der Waals surface area (Å²) in [7, 11) is 0. The molecule has 0 spiro atoms. The number of aliphatic imine (C=N–C) groups is 1. The molecule has 3 rings (SSSR count). The highest BCUT2D eigenvalue weighted by Crippen LogP contribution is 2.25. The van der Waals surface area contributed by atoms with Crippen LogP contribution in [0.15, 0.2) is 59.6 Å². The number of ether oxygens (including phenoxy) is 1. The number of carbonyl (C=O) groups is 2. The van der Waals surface area contributed by atoms with Crippen molar-refractivity contribution in [2.24, 2.45) is 4.99 Å². The van der Waals surface area contributed by atoms with Crippen LogP contribution in [0.4, 0.5) is 11.4 Å². The number of nitrogens with zero attached hydrogens (tertiary/aromatic N) is 1. The Morgan fingerprint density at radius 1 is 1.10 bits per heavy atom. The molecule has 1 aliphatic rings. The van der Waals surface area contributed by atoms with Crippen LogP contribution in [-0.2, 0) is 9.59 Å². The number of benzene rings is 2. The number of para-hydroxylation sites is 1. The number of hydrogen-bond donors (Lipinski definition) is 2. The molecular weight excluding hydrogens is 398 g/mol. The van der Waals surface area contributed by atoms with Gasteiger partial charge in [0.25, 0.3) is 0 Å². The lowest BCUT2D eigenvalue weighted by atomic mass is 10.2. The van der Waals surface area contributed by atoms with Gasteiger partial charge in [-0.2, -0.15) is 0 Å². The third-order valence-corrected chi connectivity index (χ3v) is 5.62. The molecule has 0 aliphatic carbocycles. The fourth-order valence-electron chi connectivity index (χ4n) is 2.95. The van der Waals surface area contributed by atoms with E-state index >= 15 is 0 Å². The third-order valence-electron chi connectivity index (χ3n) is 4.54. The van der Waals surface area contributed by atoms with E-state index < -0.39 is 5.25 Å². The molecule has 2 aromatic rings. The molecular formula is C23H27N3O3S. The molecule has 1 aliphatic heterocycles. The second kappa shape index (κ2) is 11.4. The van der Waals surface area contributed by atoms with Crippen LogP contribution < -0.4 is 15.4 Å². The van der Waals surface area contributed by atoms with E-state index in [9.17, 15) is 9.59 Å². The van der Waals surface area contributed by atoms with Crippen molar-refractivity contribution < 1.29 is 14.3 Å². The lowest BCUT2D eigenvalue weighted by Gasteiger charge is -2.09. The van der Waals surface area contributed by atoms with Crippen molar-refractivity contribution in [3.8, 4) is 5.75 Å². The molecule has 158 valence electrons. The molecule has 0 radical (unpaired) electrons. The summed E-state index contributed by atoms with van der Waals surface area (Å²) in [5.41, 5.74) is 1.44. The van der Waals surface area contributed by atoms with E-state index in [2.05, 4.69) is 22.5 Å². The number of carbonyl (C=O) groups excluding carboxylic acids is 2. The normalized spacial score (nSPS) is 17.0. The SMILES string of the molecule is CCCCCCOc1ccc(NC(=O)C[C@@H]2SC(=Nc3ccccc3)NC2=O)cc1. The van der Waals surface area contributed by atoms with Gasteiger partial charge >= 0.3 is 0 Å². The first kappa shape index (κ1) is 21.9. The number of nitrogens with one attached hydrogen (secondary N) is 2. The highest BCUT2D eigenvalue weighted by atomic mass is 32.2. The molecule has 30 heavy (non-hydrogen) atoms. The Bertz CT molecular complexity index is 869. The topological polar surface area (TPSA) is 79.8 Å². The van der Waals surface area contributed by atoms with E-state index in [4.69, 9.17) is 4.74 Å². The zero-order chi connectivity index (χ0) is 21.2. The maximum atomic E-state index is 12.4. The second-order valence-corrected chi connectivity index (χ2v) is 8.23. The molecule has 1 atom stereocenters. The van der Waals surface area contributed by atoms with Gasteiger partial charge in [0.05, 0.1) is 12.3 Å². The van der Waals surface area contributed by atoms with Crippen LogP contribution in [0.5, 0.6) is 5.75 Å². The molecule has 1 heterocycles. The van der Waals surface area contributed by atoms with Gasteiger partial charge in [0.15, 0.2) is 5.17 Å². The highest BCUT2D eigenvalue weighted by Gasteiger charge is 2.32. The molecule has 2 aromatic carbocycles. The number of thioether (sulfide) groups is 1. The minimum Gasteiger partial charge on any atom is -0.494 e.